The first-order valence-corrected chi connectivity index (χ1v) is 7.56. The quantitative estimate of drug-likeness (QED) is 0.834. The van der Waals surface area contributed by atoms with E-state index in [0.717, 1.165) is 12.8 Å². The van der Waals surface area contributed by atoms with Crippen molar-refractivity contribution in [1.29, 1.82) is 0 Å². The Kier molecular flexibility index (Phi) is 4.57. The molecule has 0 heterocycles. The molecular formula is C17H24F2N2O. The van der Waals surface area contributed by atoms with Gasteiger partial charge in [-0.1, -0.05) is 13.0 Å². The monoisotopic (exact) mass is 310 g/mol. The predicted octanol–water partition coefficient (Wildman–Crippen LogP) is 3.21. The van der Waals surface area contributed by atoms with Gasteiger partial charge in [0.2, 0.25) is 5.91 Å². The first-order valence-electron chi connectivity index (χ1n) is 7.56. The third-order valence-electron chi connectivity index (χ3n) is 5.00. The van der Waals surface area contributed by atoms with Gasteiger partial charge < -0.3 is 4.90 Å². The van der Waals surface area contributed by atoms with Crippen molar-refractivity contribution in [3.05, 3.63) is 35.4 Å². The average Bonchev–Trinajstić information content (AvgIpc) is 3.19. The van der Waals surface area contributed by atoms with Gasteiger partial charge in [0.1, 0.15) is 17.7 Å². The van der Waals surface area contributed by atoms with Crippen molar-refractivity contribution in [2.24, 2.45) is 5.41 Å². The Bertz CT molecular complexity index is 550. The van der Waals surface area contributed by atoms with Gasteiger partial charge in [0, 0.05) is 13.1 Å². The van der Waals surface area contributed by atoms with Crippen LogP contribution in [0.2, 0.25) is 0 Å². The Balaban J connectivity index is 2.34. The van der Waals surface area contributed by atoms with Crippen molar-refractivity contribution < 1.29 is 13.6 Å². The summed E-state index contributed by atoms with van der Waals surface area (Å²) in [7, 11) is 5.03. The van der Waals surface area contributed by atoms with E-state index in [4.69, 9.17) is 0 Å². The maximum Gasteiger partial charge on any atom is 0.244 e. The highest BCUT2D eigenvalue weighted by molar-refractivity contribution is 5.83. The Morgan fingerprint density at radius 1 is 1.18 bits per heavy atom. The number of nitrogens with zero attached hydrogens (tertiary/aromatic N) is 2. The lowest BCUT2D eigenvalue weighted by molar-refractivity contribution is -0.138. The van der Waals surface area contributed by atoms with E-state index in [0.29, 0.717) is 0 Å². The Morgan fingerprint density at radius 3 is 2.09 bits per heavy atom. The predicted molar refractivity (Wildman–Crippen MR) is 82.4 cm³/mol. The summed E-state index contributed by atoms with van der Waals surface area (Å²) in [5.74, 6) is -1.66. The van der Waals surface area contributed by atoms with Crippen molar-refractivity contribution in [3.63, 3.8) is 0 Å². The third-order valence-corrected chi connectivity index (χ3v) is 5.00. The zero-order chi connectivity index (χ0) is 16.7. The number of likely N-dealkylation sites (N-methyl/N-ethyl adjacent to an activating group) is 2. The summed E-state index contributed by atoms with van der Waals surface area (Å²) >= 11 is 0. The van der Waals surface area contributed by atoms with Crippen LogP contribution in [0.4, 0.5) is 8.78 Å². The van der Waals surface area contributed by atoms with Crippen LogP contribution < -0.4 is 0 Å². The van der Waals surface area contributed by atoms with Gasteiger partial charge in [0.25, 0.3) is 0 Å². The summed E-state index contributed by atoms with van der Waals surface area (Å²) in [5, 5.41) is 0. The molecule has 1 aromatic rings. The molecule has 0 unspecified atom stereocenters. The van der Waals surface area contributed by atoms with Gasteiger partial charge in [-0.05, 0) is 51.4 Å². The van der Waals surface area contributed by atoms with E-state index in [1.165, 1.54) is 18.2 Å². The summed E-state index contributed by atoms with van der Waals surface area (Å²) in [4.78, 5) is 16.0. The van der Waals surface area contributed by atoms with E-state index < -0.39 is 17.7 Å². The molecule has 1 aromatic carbocycles. The molecule has 1 aliphatic rings. The van der Waals surface area contributed by atoms with Crippen LogP contribution in [-0.4, -0.2) is 42.9 Å². The van der Waals surface area contributed by atoms with Gasteiger partial charge in [0.15, 0.2) is 0 Å². The average molecular weight is 310 g/mol. The van der Waals surface area contributed by atoms with Gasteiger partial charge in [-0.3, -0.25) is 9.69 Å². The molecule has 2 atom stereocenters. The van der Waals surface area contributed by atoms with Crippen LogP contribution in [0.15, 0.2) is 18.2 Å². The van der Waals surface area contributed by atoms with E-state index in [-0.39, 0.29) is 22.9 Å². The van der Waals surface area contributed by atoms with Gasteiger partial charge in [-0.2, -0.15) is 0 Å². The molecule has 0 bridgehead atoms. The smallest absolute Gasteiger partial charge is 0.244 e. The summed E-state index contributed by atoms with van der Waals surface area (Å²) in [5.41, 5.74) is -0.0628. The number of carbonyl (C=O) groups excluding carboxylic acids is 1. The Morgan fingerprint density at radius 2 is 1.68 bits per heavy atom. The molecule has 1 saturated carbocycles. The van der Waals surface area contributed by atoms with Gasteiger partial charge in [0.05, 0.1) is 5.56 Å². The molecule has 122 valence electrons. The number of benzene rings is 1. The second kappa shape index (κ2) is 5.95. The number of amides is 1. The molecule has 0 saturated heterocycles. The van der Waals surface area contributed by atoms with Crippen LogP contribution in [-0.2, 0) is 4.79 Å². The van der Waals surface area contributed by atoms with Crippen molar-refractivity contribution in [3.8, 4) is 0 Å². The third kappa shape index (κ3) is 3.00. The molecule has 1 aliphatic carbocycles. The fourth-order valence-corrected chi connectivity index (χ4v) is 2.84. The van der Waals surface area contributed by atoms with Crippen LogP contribution in [0.1, 0.15) is 38.3 Å². The Labute approximate surface area is 130 Å². The largest absolute Gasteiger partial charge is 0.341 e. The number of hydrogen-bond acceptors (Lipinski definition) is 2. The normalized spacial score (nSPS) is 18.9. The maximum atomic E-state index is 14.1. The molecule has 1 fully saturated rings. The van der Waals surface area contributed by atoms with Crippen LogP contribution in [0.3, 0.4) is 0 Å². The SMILES string of the molecule is C[C@@H](N(C)C(=O)[C@@H](c1c(F)cccc1F)N(C)C)C1(C)CC1. The number of halogens is 2. The van der Waals surface area contributed by atoms with E-state index in [2.05, 4.69) is 6.92 Å². The molecule has 1 amide bonds. The molecule has 22 heavy (non-hydrogen) atoms. The first-order chi connectivity index (χ1) is 10.2. The molecule has 0 aromatic heterocycles. The molecule has 2 rings (SSSR count). The lowest BCUT2D eigenvalue weighted by Crippen LogP contribution is -2.46. The van der Waals surface area contributed by atoms with E-state index in [1.807, 2.05) is 6.92 Å². The highest BCUT2D eigenvalue weighted by atomic mass is 19.1. The molecule has 0 N–H and O–H groups in total. The van der Waals surface area contributed by atoms with Crippen molar-refractivity contribution >= 4 is 5.91 Å². The lowest BCUT2D eigenvalue weighted by atomic mass is 9.97. The van der Waals surface area contributed by atoms with Crippen molar-refractivity contribution in [2.75, 3.05) is 21.1 Å². The zero-order valence-electron chi connectivity index (χ0n) is 13.9. The van der Waals surface area contributed by atoms with Gasteiger partial charge in [-0.25, -0.2) is 8.78 Å². The summed E-state index contributed by atoms with van der Waals surface area (Å²) < 4.78 is 28.2. The molecule has 3 nitrogen and oxygen atoms in total. The number of rotatable bonds is 5. The van der Waals surface area contributed by atoms with Crippen molar-refractivity contribution in [2.45, 2.75) is 38.8 Å². The summed E-state index contributed by atoms with van der Waals surface area (Å²) in [6.07, 6.45) is 2.15. The second-order valence-electron chi connectivity index (χ2n) is 6.78. The number of carbonyl (C=O) groups is 1. The minimum Gasteiger partial charge on any atom is -0.341 e. The number of hydrogen-bond donors (Lipinski definition) is 0. The molecule has 5 heteroatoms. The minimum atomic E-state index is -0.962. The summed E-state index contributed by atoms with van der Waals surface area (Å²) in [6, 6.07) is 2.76. The highest BCUT2D eigenvalue weighted by Crippen LogP contribution is 2.49. The topological polar surface area (TPSA) is 23.6 Å². The standard InChI is InChI=1S/C17H24F2N2O/c1-11(17(2)9-10-17)21(5)16(22)15(20(3)4)14-12(18)7-6-8-13(14)19/h6-8,11,15H,9-10H2,1-5H3/t11-,15-/m1/s1. The maximum absolute atomic E-state index is 14.1. The van der Waals surface area contributed by atoms with Crippen LogP contribution in [0.5, 0.6) is 0 Å². The highest BCUT2D eigenvalue weighted by Gasteiger charge is 2.46. The molecule has 0 radical (unpaired) electrons. The van der Waals surface area contributed by atoms with Crippen LogP contribution >= 0.6 is 0 Å². The molecular weight excluding hydrogens is 286 g/mol. The van der Waals surface area contributed by atoms with Crippen LogP contribution in [0.25, 0.3) is 0 Å². The second-order valence-corrected chi connectivity index (χ2v) is 6.78. The Hall–Kier alpha value is -1.49. The van der Waals surface area contributed by atoms with Gasteiger partial charge in [-0.15, -0.1) is 0 Å². The van der Waals surface area contributed by atoms with Gasteiger partial charge >= 0.3 is 0 Å². The fourth-order valence-electron chi connectivity index (χ4n) is 2.84. The summed E-state index contributed by atoms with van der Waals surface area (Å²) in [6.45, 7) is 4.13. The minimum absolute atomic E-state index is 0.0392. The van der Waals surface area contributed by atoms with Crippen molar-refractivity contribution in [1.82, 2.24) is 9.80 Å². The fraction of sp³-hybridized carbons (Fsp3) is 0.588. The van der Waals surface area contributed by atoms with E-state index >= 15 is 0 Å². The zero-order valence-corrected chi connectivity index (χ0v) is 13.9. The van der Waals surface area contributed by atoms with E-state index in [1.54, 1.807) is 30.9 Å². The first kappa shape index (κ1) is 16.9. The molecule has 0 aliphatic heterocycles. The van der Waals surface area contributed by atoms with Crippen LogP contribution in [0, 0.1) is 17.0 Å². The molecule has 0 spiro atoms. The lowest BCUT2D eigenvalue weighted by Gasteiger charge is -2.35. The van der Waals surface area contributed by atoms with E-state index in [9.17, 15) is 13.6 Å².